The van der Waals surface area contributed by atoms with Crippen LogP contribution in [0.4, 0.5) is 0 Å². The molecule has 3 aliphatic rings. The summed E-state index contributed by atoms with van der Waals surface area (Å²) in [6.07, 6.45) is 6.56. The van der Waals surface area contributed by atoms with Crippen LogP contribution in [0.1, 0.15) is 57.4 Å². The molecule has 0 saturated heterocycles. The van der Waals surface area contributed by atoms with Crippen LogP contribution in [0, 0.1) is 5.92 Å². The largest absolute Gasteiger partial charge is 0.463 e. The third-order valence-corrected chi connectivity index (χ3v) is 7.46. The lowest BCUT2D eigenvalue weighted by Gasteiger charge is -2.29. The van der Waals surface area contributed by atoms with Crippen molar-refractivity contribution in [3.8, 4) is 0 Å². The number of ether oxygens (including phenoxy) is 2. The minimum Gasteiger partial charge on any atom is -0.463 e. The van der Waals surface area contributed by atoms with Gasteiger partial charge in [0.2, 0.25) is 0 Å². The number of cyclic esters (lactones) is 1. The Labute approximate surface area is 182 Å². The molecule has 1 aromatic carbocycles. The third-order valence-electron chi connectivity index (χ3n) is 6.14. The zero-order valence-electron chi connectivity index (χ0n) is 17.7. The highest BCUT2D eigenvalue weighted by Gasteiger charge is 2.42. The number of allylic oxidation sites excluding steroid dienone is 1. The lowest BCUT2D eigenvalue weighted by Crippen LogP contribution is -2.30. The van der Waals surface area contributed by atoms with E-state index < -0.39 is 5.92 Å². The van der Waals surface area contributed by atoms with Gasteiger partial charge in [-0.3, -0.25) is 0 Å². The first-order valence-corrected chi connectivity index (χ1v) is 11.9. The quantitative estimate of drug-likeness (QED) is 0.525. The van der Waals surface area contributed by atoms with Gasteiger partial charge in [-0.2, -0.15) is 0 Å². The lowest BCUT2D eigenvalue weighted by atomic mass is 9.81. The average molecular weight is 428 g/mol. The van der Waals surface area contributed by atoms with Gasteiger partial charge in [-0.25, -0.2) is 9.59 Å². The van der Waals surface area contributed by atoms with Crippen molar-refractivity contribution in [1.29, 1.82) is 0 Å². The highest BCUT2D eigenvalue weighted by Crippen LogP contribution is 2.45. The van der Waals surface area contributed by atoms with Gasteiger partial charge in [0.1, 0.15) is 6.61 Å². The van der Waals surface area contributed by atoms with E-state index in [0.29, 0.717) is 11.1 Å². The van der Waals surface area contributed by atoms with Crippen molar-refractivity contribution in [3.63, 3.8) is 0 Å². The Morgan fingerprint density at radius 2 is 2.00 bits per heavy atom. The summed E-state index contributed by atoms with van der Waals surface area (Å²) in [4.78, 5) is 26.7. The molecule has 5 nitrogen and oxygen atoms in total. The number of nitrogens with one attached hydrogen (secondary N) is 1. The lowest BCUT2D eigenvalue weighted by molar-refractivity contribution is -0.138. The minimum absolute atomic E-state index is 0.218. The Kier molecular flexibility index (Phi) is 6.52. The van der Waals surface area contributed by atoms with Crippen LogP contribution in [-0.4, -0.2) is 30.9 Å². The highest BCUT2D eigenvalue weighted by molar-refractivity contribution is 7.99. The summed E-state index contributed by atoms with van der Waals surface area (Å²) >= 11 is 1.84. The number of carbonyl (C=O) groups is 2. The fourth-order valence-electron chi connectivity index (χ4n) is 4.67. The van der Waals surface area contributed by atoms with Crippen LogP contribution in [0.25, 0.3) is 0 Å². The highest BCUT2D eigenvalue weighted by atomic mass is 32.2. The summed E-state index contributed by atoms with van der Waals surface area (Å²) in [5.74, 6) is 0.591. The predicted octanol–water partition coefficient (Wildman–Crippen LogP) is 4.69. The Hall–Kier alpha value is -2.21. The summed E-state index contributed by atoms with van der Waals surface area (Å²) in [7, 11) is 0. The van der Waals surface area contributed by atoms with Crippen LogP contribution in [-0.2, 0) is 19.1 Å². The first kappa shape index (κ1) is 21.0. The number of hydrogen-bond donors (Lipinski definition) is 1. The molecule has 1 atom stereocenters. The van der Waals surface area contributed by atoms with Crippen molar-refractivity contribution >= 4 is 23.7 Å². The summed E-state index contributed by atoms with van der Waals surface area (Å²) < 4.78 is 10.7. The first-order valence-electron chi connectivity index (χ1n) is 10.9. The molecule has 0 amide bonds. The molecule has 1 N–H and O–H groups in total. The molecule has 1 saturated carbocycles. The molecule has 6 heteroatoms. The van der Waals surface area contributed by atoms with Gasteiger partial charge in [-0.05, 0) is 44.2 Å². The van der Waals surface area contributed by atoms with Gasteiger partial charge in [0.25, 0.3) is 0 Å². The summed E-state index contributed by atoms with van der Waals surface area (Å²) in [6.45, 7) is 4.16. The Morgan fingerprint density at radius 1 is 1.23 bits per heavy atom. The monoisotopic (exact) mass is 427 g/mol. The van der Waals surface area contributed by atoms with Crippen LogP contribution in [0.3, 0.4) is 0 Å². The fourth-order valence-corrected chi connectivity index (χ4v) is 5.95. The maximum atomic E-state index is 12.9. The van der Waals surface area contributed by atoms with Crippen LogP contribution < -0.4 is 5.32 Å². The van der Waals surface area contributed by atoms with E-state index in [-0.39, 0.29) is 25.2 Å². The van der Waals surface area contributed by atoms with Gasteiger partial charge in [0.15, 0.2) is 0 Å². The van der Waals surface area contributed by atoms with Crippen molar-refractivity contribution in [2.24, 2.45) is 5.92 Å². The van der Waals surface area contributed by atoms with Crippen molar-refractivity contribution in [2.75, 3.05) is 19.0 Å². The molecule has 2 heterocycles. The molecule has 30 heavy (non-hydrogen) atoms. The number of carbonyl (C=O) groups excluding carboxylic acids is 2. The molecule has 0 spiro atoms. The van der Waals surface area contributed by atoms with E-state index >= 15 is 0 Å². The second kappa shape index (κ2) is 9.29. The van der Waals surface area contributed by atoms with E-state index in [9.17, 15) is 9.59 Å². The van der Waals surface area contributed by atoms with Crippen molar-refractivity contribution in [2.45, 2.75) is 56.8 Å². The number of rotatable bonds is 6. The van der Waals surface area contributed by atoms with Gasteiger partial charge < -0.3 is 14.8 Å². The Bertz CT molecular complexity index is 898. The zero-order valence-corrected chi connectivity index (χ0v) is 18.5. The summed E-state index contributed by atoms with van der Waals surface area (Å²) in [6, 6.07) is 8.13. The summed E-state index contributed by atoms with van der Waals surface area (Å²) in [5.41, 5.74) is 3.49. The predicted molar refractivity (Wildman–Crippen MR) is 117 cm³/mol. The first-order chi connectivity index (χ1) is 14.6. The van der Waals surface area contributed by atoms with Crippen LogP contribution >= 0.6 is 11.8 Å². The number of thioether (sulfide) groups is 1. The topological polar surface area (TPSA) is 64.6 Å². The zero-order chi connectivity index (χ0) is 21.1. The molecule has 2 aliphatic heterocycles. The van der Waals surface area contributed by atoms with Gasteiger partial charge in [-0.15, -0.1) is 11.8 Å². The number of esters is 2. The molecular formula is C24H29NO4S. The van der Waals surface area contributed by atoms with E-state index in [0.717, 1.165) is 33.5 Å². The molecule has 1 fully saturated rings. The molecular weight excluding hydrogens is 398 g/mol. The van der Waals surface area contributed by atoms with E-state index in [1.165, 1.54) is 32.1 Å². The second-order valence-corrected chi connectivity index (χ2v) is 9.20. The summed E-state index contributed by atoms with van der Waals surface area (Å²) in [5, 5.41) is 3.21. The van der Waals surface area contributed by atoms with Crippen LogP contribution in [0.2, 0.25) is 0 Å². The van der Waals surface area contributed by atoms with Gasteiger partial charge in [-0.1, -0.05) is 37.5 Å². The van der Waals surface area contributed by atoms with Crippen molar-refractivity contribution in [1.82, 2.24) is 5.32 Å². The number of benzene rings is 1. The molecule has 0 radical (unpaired) electrons. The van der Waals surface area contributed by atoms with Gasteiger partial charge >= 0.3 is 11.9 Å². The Morgan fingerprint density at radius 3 is 2.77 bits per heavy atom. The minimum atomic E-state index is -0.467. The SMILES string of the molecule is CCOC(=O)C1=C(C)NC2=C(C(=O)OC2)C1c1ccccc1SCC1CCCCC1. The fraction of sp³-hybridized carbons (Fsp3) is 0.500. The van der Waals surface area contributed by atoms with Crippen LogP contribution in [0.15, 0.2) is 51.7 Å². The number of dihydropyridines is 1. The average Bonchev–Trinajstić information content (AvgIpc) is 3.12. The molecule has 1 aliphatic carbocycles. The van der Waals surface area contributed by atoms with Crippen LogP contribution in [0.5, 0.6) is 0 Å². The normalized spacial score (nSPS) is 21.9. The molecule has 1 aromatic rings. The van der Waals surface area contributed by atoms with E-state index in [1.54, 1.807) is 6.92 Å². The smallest absolute Gasteiger partial charge is 0.337 e. The maximum absolute atomic E-state index is 12.9. The van der Waals surface area contributed by atoms with Crippen molar-refractivity contribution < 1.29 is 19.1 Å². The molecule has 4 rings (SSSR count). The third kappa shape index (κ3) is 4.15. The van der Waals surface area contributed by atoms with E-state index in [4.69, 9.17) is 9.47 Å². The number of hydrogen-bond acceptors (Lipinski definition) is 6. The second-order valence-electron chi connectivity index (χ2n) is 8.14. The van der Waals surface area contributed by atoms with E-state index in [1.807, 2.05) is 36.9 Å². The van der Waals surface area contributed by atoms with Crippen molar-refractivity contribution in [3.05, 3.63) is 52.4 Å². The molecule has 160 valence electrons. The molecule has 0 bridgehead atoms. The van der Waals surface area contributed by atoms with Gasteiger partial charge in [0, 0.05) is 16.3 Å². The van der Waals surface area contributed by atoms with E-state index in [2.05, 4.69) is 11.4 Å². The molecule has 0 aromatic heterocycles. The van der Waals surface area contributed by atoms with Gasteiger partial charge in [0.05, 0.1) is 29.4 Å². The standard InChI is InChI=1S/C24H29NO4S/c1-3-28-23(26)20-15(2)25-18-13-29-24(27)22(18)21(20)17-11-7-8-12-19(17)30-14-16-9-5-4-6-10-16/h7-8,11-12,16,21,25H,3-6,9-10,13-14H2,1-2H3. The Balaban J connectivity index is 1.70. The maximum Gasteiger partial charge on any atom is 0.337 e. The molecule has 1 unspecified atom stereocenters.